The Balaban J connectivity index is 2.58. The lowest BCUT2D eigenvalue weighted by atomic mass is 10.3. The van der Waals surface area contributed by atoms with Crippen molar-refractivity contribution in [2.75, 3.05) is 0 Å². The largest absolute Gasteiger partial charge is 0.0892 e. The molecule has 0 nitrogen and oxygen atoms in total. The van der Waals surface area contributed by atoms with E-state index in [1.165, 1.54) is 0 Å². The third-order valence-electron chi connectivity index (χ3n) is 1.51. The molecule has 0 N–H and O–H groups in total. The quantitative estimate of drug-likeness (QED) is 0.512. The Kier molecular flexibility index (Phi) is 6.09. The molecule has 0 saturated carbocycles. The average molecular weight is 190 g/mol. The van der Waals surface area contributed by atoms with Crippen LogP contribution in [0.15, 0.2) is 0 Å². The molecule has 0 radical (unpaired) electrons. The molecule has 0 heteroatoms. The maximum Gasteiger partial charge on any atom is 0.0703 e. The molecule has 0 aliphatic heterocycles. The minimum Gasteiger partial charge on any atom is -0.0892 e. The van der Waals surface area contributed by atoms with Gasteiger partial charge in [0.1, 0.15) is 0 Å². The molecule has 0 amide bonds. The standard InChI is InChI=1S/C15H10/c1-2-4-6-8-10-12-14-15-13-11-9-7-5-3-1/h1,6-7,12-13H2. The van der Waals surface area contributed by atoms with E-state index in [1.807, 2.05) is 0 Å². The molecule has 0 aromatic carbocycles. The fraction of sp³-hybridized carbons (Fsp3) is 0.333. The number of hydrogen-bond donors (Lipinski definition) is 0. The first-order chi connectivity index (χ1) is 7.50. The molecule has 0 atom stereocenters. The van der Waals surface area contributed by atoms with E-state index >= 15 is 0 Å². The van der Waals surface area contributed by atoms with E-state index in [9.17, 15) is 0 Å². The van der Waals surface area contributed by atoms with Gasteiger partial charge in [-0.05, 0) is 0 Å². The summed E-state index contributed by atoms with van der Waals surface area (Å²) in [5.74, 6) is 29.4. The molecule has 1 aliphatic rings. The molecule has 1 rings (SSSR count). The van der Waals surface area contributed by atoms with Gasteiger partial charge in [-0.1, -0.05) is 59.2 Å². The van der Waals surface area contributed by atoms with Crippen LogP contribution in [0.1, 0.15) is 32.1 Å². The van der Waals surface area contributed by atoms with Crippen molar-refractivity contribution in [1.29, 1.82) is 0 Å². The van der Waals surface area contributed by atoms with Gasteiger partial charge in [-0.3, -0.25) is 0 Å². The topological polar surface area (TPSA) is 0 Å². The highest BCUT2D eigenvalue weighted by atomic mass is 13.8. The van der Waals surface area contributed by atoms with E-state index < -0.39 is 0 Å². The summed E-state index contributed by atoms with van der Waals surface area (Å²) in [6.45, 7) is 0. The zero-order valence-corrected chi connectivity index (χ0v) is 8.54. The molecule has 1 aliphatic carbocycles. The molecular weight excluding hydrogens is 180 g/mol. The van der Waals surface area contributed by atoms with Crippen molar-refractivity contribution >= 4 is 0 Å². The highest BCUT2D eigenvalue weighted by Crippen LogP contribution is 1.80. The van der Waals surface area contributed by atoms with Gasteiger partial charge in [0, 0.05) is 0 Å². The first-order valence-electron chi connectivity index (χ1n) is 4.79. The van der Waals surface area contributed by atoms with Crippen molar-refractivity contribution in [3.8, 4) is 59.2 Å². The van der Waals surface area contributed by atoms with E-state index in [1.54, 1.807) is 0 Å². The lowest BCUT2D eigenvalue weighted by molar-refractivity contribution is 1.46. The summed E-state index contributed by atoms with van der Waals surface area (Å²) in [5.41, 5.74) is 0. The van der Waals surface area contributed by atoms with Gasteiger partial charge in [-0.15, -0.1) is 0 Å². The summed E-state index contributed by atoms with van der Waals surface area (Å²) in [6.07, 6.45) is 3.05. The van der Waals surface area contributed by atoms with E-state index in [0.717, 1.165) is 0 Å². The zero-order valence-electron chi connectivity index (χ0n) is 8.54. The van der Waals surface area contributed by atoms with Crippen LogP contribution in [0, 0.1) is 59.2 Å². The fourth-order valence-corrected chi connectivity index (χ4v) is 0.846. The molecular formula is C15H10. The first kappa shape index (κ1) is 10.9. The van der Waals surface area contributed by atoms with Crippen LogP contribution in [0.5, 0.6) is 0 Å². The Labute approximate surface area is 91.8 Å². The van der Waals surface area contributed by atoms with Crippen molar-refractivity contribution in [1.82, 2.24) is 0 Å². The lowest BCUT2D eigenvalue weighted by Gasteiger charge is -1.72. The predicted molar refractivity (Wildman–Crippen MR) is 62.0 cm³/mol. The van der Waals surface area contributed by atoms with E-state index in [4.69, 9.17) is 0 Å². The molecule has 15 heavy (non-hydrogen) atoms. The monoisotopic (exact) mass is 190 g/mol. The molecule has 0 fully saturated rings. The highest BCUT2D eigenvalue weighted by Gasteiger charge is 1.72. The Morgan fingerprint density at radius 3 is 0.533 bits per heavy atom. The summed E-state index contributed by atoms with van der Waals surface area (Å²) in [5, 5.41) is 0. The minimum absolute atomic E-state index is 0.611. The van der Waals surface area contributed by atoms with Crippen LogP contribution >= 0.6 is 0 Å². The minimum atomic E-state index is 0.611. The molecule has 0 saturated heterocycles. The Morgan fingerprint density at radius 1 is 0.267 bits per heavy atom. The summed E-state index contributed by atoms with van der Waals surface area (Å²) in [4.78, 5) is 0. The van der Waals surface area contributed by atoms with E-state index in [-0.39, 0.29) is 0 Å². The number of rotatable bonds is 0. The maximum absolute atomic E-state index is 2.94. The second kappa shape index (κ2) is 8.40. The van der Waals surface area contributed by atoms with Gasteiger partial charge in [-0.25, -0.2) is 0 Å². The highest BCUT2D eigenvalue weighted by molar-refractivity contribution is 5.22. The van der Waals surface area contributed by atoms with Crippen molar-refractivity contribution in [3.05, 3.63) is 0 Å². The van der Waals surface area contributed by atoms with Crippen LogP contribution in [0.3, 0.4) is 0 Å². The van der Waals surface area contributed by atoms with Crippen LogP contribution in [0.2, 0.25) is 0 Å². The van der Waals surface area contributed by atoms with Crippen molar-refractivity contribution in [3.63, 3.8) is 0 Å². The molecule has 0 heterocycles. The van der Waals surface area contributed by atoms with Gasteiger partial charge in [-0.2, -0.15) is 0 Å². The summed E-state index contributed by atoms with van der Waals surface area (Å²) in [6, 6.07) is 0. The molecule has 0 spiro atoms. The second-order valence-electron chi connectivity index (χ2n) is 2.65. The van der Waals surface area contributed by atoms with E-state index in [2.05, 4.69) is 59.2 Å². The van der Waals surface area contributed by atoms with Crippen LogP contribution in [-0.4, -0.2) is 0 Å². The van der Waals surface area contributed by atoms with Crippen molar-refractivity contribution in [2.24, 2.45) is 0 Å². The van der Waals surface area contributed by atoms with Crippen LogP contribution in [0.25, 0.3) is 0 Å². The van der Waals surface area contributed by atoms with Gasteiger partial charge < -0.3 is 0 Å². The van der Waals surface area contributed by atoms with Crippen LogP contribution in [-0.2, 0) is 0 Å². The molecule has 0 unspecified atom stereocenters. The summed E-state index contributed by atoms with van der Waals surface area (Å²) >= 11 is 0. The zero-order chi connectivity index (χ0) is 10.6. The van der Waals surface area contributed by atoms with E-state index in [0.29, 0.717) is 32.1 Å². The van der Waals surface area contributed by atoms with Crippen molar-refractivity contribution in [2.45, 2.75) is 32.1 Å². The molecule has 0 aromatic rings. The normalized spacial score (nSPS) is 13.3. The maximum atomic E-state index is 2.94. The van der Waals surface area contributed by atoms with Gasteiger partial charge in [0.25, 0.3) is 0 Å². The second-order valence-corrected chi connectivity index (χ2v) is 2.65. The Bertz CT molecular complexity index is 347. The summed E-state index contributed by atoms with van der Waals surface area (Å²) in [7, 11) is 0. The molecule has 0 aromatic heterocycles. The summed E-state index contributed by atoms with van der Waals surface area (Å²) < 4.78 is 0. The number of hydrogen-bond acceptors (Lipinski definition) is 0. The van der Waals surface area contributed by atoms with Gasteiger partial charge in [0.15, 0.2) is 0 Å². The predicted octanol–water partition coefficient (Wildman–Crippen LogP) is 1.97. The van der Waals surface area contributed by atoms with Crippen LogP contribution in [0.4, 0.5) is 0 Å². The Hall–Kier alpha value is -2.20. The molecule has 70 valence electrons. The fourth-order valence-electron chi connectivity index (χ4n) is 0.846. The SMILES string of the molecule is C1#CCC#CCC#CCC#CCC#CC1. The van der Waals surface area contributed by atoms with Crippen molar-refractivity contribution < 1.29 is 0 Å². The third-order valence-corrected chi connectivity index (χ3v) is 1.51. The van der Waals surface area contributed by atoms with Gasteiger partial charge in [0.2, 0.25) is 0 Å². The average Bonchev–Trinajstić information content (AvgIpc) is 2.27. The first-order valence-corrected chi connectivity index (χ1v) is 4.79. The third kappa shape index (κ3) is 6.92. The Morgan fingerprint density at radius 2 is 0.400 bits per heavy atom. The smallest absolute Gasteiger partial charge is 0.0703 e. The van der Waals surface area contributed by atoms with Gasteiger partial charge >= 0.3 is 0 Å². The molecule has 0 bridgehead atoms. The van der Waals surface area contributed by atoms with Crippen LogP contribution < -0.4 is 0 Å². The lowest BCUT2D eigenvalue weighted by Crippen LogP contribution is -1.64. The van der Waals surface area contributed by atoms with Gasteiger partial charge in [0.05, 0.1) is 32.1 Å².